The van der Waals surface area contributed by atoms with Gasteiger partial charge in [-0.3, -0.25) is 4.98 Å². The van der Waals surface area contributed by atoms with Crippen molar-refractivity contribution in [3.63, 3.8) is 0 Å². The third-order valence-electron chi connectivity index (χ3n) is 3.62. The number of aromatic nitrogens is 1. The van der Waals surface area contributed by atoms with Crippen LogP contribution in [0.5, 0.6) is 5.75 Å². The van der Waals surface area contributed by atoms with Crippen molar-refractivity contribution in [3.8, 4) is 5.75 Å². The molecule has 1 aliphatic rings. The van der Waals surface area contributed by atoms with E-state index in [1.54, 1.807) is 6.20 Å². The number of hydrogen-bond donors (Lipinski definition) is 1. The van der Waals surface area contributed by atoms with Crippen LogP contribution in [0.25, 0.3) is 10.9 Å². The van der Waals surface area contributed by atoms with Gasteiger partial charge in [0, 0.05) is 17.6 Å². The fraction of sp³-hybridized carbons (Fsp3) is 0.400. The highest BCUT2D eigenvalue weighted by atomic mass is 16.5. The van der Waals surface area contributed by atoms with Crippen LogP contribution in [0.2, 0.25) is 0 Å². The van der Waals surface area contributed by atoms with Gasteiger partial charge in [-0.1, -0.05) is 12.5 Å². The lowest BCUT2D eigenvalue weighted by Gasteiger charge is -2.29. The Morgan fingerprint density at radius 3 is 2.94 bits per heavy atom. The molecule has 0 radical (unpaired) electrons. The first-order valence-electron chi connectivity index (χ1n) is 6.60. The van der Waals surface area contributed by atoms with E-state index < -0.39 is 0 Å². The summed E-state index contributed by atoms with van der Waals surface area (Å²) in [5.74, 6) is 0.901. The zero-order chi connectivity index (χ0) is 12.4. The lowest BCUT2D eigenvalue weighted by molar-refractivity contribution is 0.132. The van der Waals surface area contributed by atoms with Crippen LogP contribution in [-0.4, -0.2) is 17.1 Å². The number of benzene rings is 1. The molecule has 2 unspecified atom stereocenters. The monoisotopic (exact) mass is 242 g/mol. The Morgan fingerprint density at radius 2 is 2.06 bits per heavy atom. The van der Waals surface area contributed by atoms with E-state index in [1.165, 1.54) is 12.8 Å². The smallest absolute Gasteiger partial charge is 0.120 e. The Bertz CT molecular complexity index is 541. The number of nitrogens with two attached hydrogens (primary N) is 1. The van der Waals surface area contributed by atoms with Crippen LogP contribution in [-0.2, 0) is 0 Å². The van der Waals surface area contributed by atoms with Crippen molar-refractivity contribution in [2.24, 2.45) is 5.73 Å². The standard InChI is InChI=1S/C15H18N2O/c16-13-5-1-2-6-15(13)18-12-7-8-14-11(10-12)4-3-9-17-14/h3-4,7-10,13,15H,1-2,5-6,16H2. The summed E-state index contributed by atoms with van der Waals surface area (Å²) in [5, 5.41) is 1.11. The van der Waals surface area contributed by atoms with Crippen LogP contribution in [0.15, 0.2) is 36.5 Å². The van der Waals surface area contributed by atoms with Crippen LogP contribution < -0.4 is 10.5 Å². The number of pyridine rings is 1. The fourth-order valence-electron chi connectivity index (χ4n) is 2.57. The molecule has 3 nitrogen and oxygen atoms in total. The van der Waals surface area contributed by atoms with Crippen molar-refractivity contribution in [2.75, 3.05) is 0 Å². The molecule has 1 heterocycles. The maximum atomic E-state index is 6.10. The van der Waals surface area contributed by atoms with Gasteiger partial charge in [-0.05, 0) is 43.5 Å². The van der Waals surface area contributed by atoms with Gasteiger partial charge in [-0.2, -0.15) is 0 Å². The van der Waals surface area contributed by atoms with Crippen molar-refractivity contribution >= 4 is 10.9 Å². The van der Waals surface area contributed by atoms with Gasteiger partial charge in [0.2, 0.25) is 0 Å². The molecule has 0 spiro atoms. The van der Waals surface area contributed by atoms with Crippen molar-refractivity contribution in [3.05, 3.63) is 36.5 Å². The van der Waals surface area contributed by atoms with E-state index in [9.17, 15) is 0 Å². The molecular formula is C15H18N2O. The van der Waals surface area contributed by atoms with E-state index in [0.717, 1.165) is 29.5 Å². The first kappa shape index (κ1) is 11.5. The van der Waals surface area contributed by atoms with Crippen LogP contribution in [0, 0.1) is 0 Å². The van der Waals surface area contributed by atoms with E-state index in [-0.39, 0.29) is 12.1 Å². The first-order valence-corrected chi connectivity index (χ1v) is 6.60. The molecule has 1 aliphatic carbocycles. The van der Waals surface area contributed by atoms with Crippen LogP contribution >= 0.6 is 0 Å². The molecule has 0 aliphatic heterocycles. The van der Waals surface area contributed by atoms with Crippen molar-refractivity contribution in [2.45, 2.75) is 37.8 Å². The molecule has 3 rings (SSSR count). The van der Waals surface area contributed by atoms with Crippen LogP contribution in [0.1, 0.15) is 25.7 Å². The molecule has 1 fully saturated rings. The summed E-state index contributed by atoms with van der Waals surface area (Å²) in [6.07, 6.45) is 6.54. The topological polar surface area (TPSA) is 48.1 Å². The molecule has 3 heteroatoms. The van der Waals surface area contributed by atoms with Gasteiger partial charge in [-0.25, -0.2) is 0 Å². The quantitative estimate of drug-likeness (QED) is 0.880. The summed E-state index contributed by atoms with van der Waals surface area (Å²) in [5.41, 5.74) is 7.10. The van der Waals surface area contributed by atoms with Gasteiger partial charge in [0.1, 0.15) is 11.9 Å². The first-order chi connectivity index (χ1) is 8.83. The lowest BCUT2D eigenvalue weighted by Crippen LogP contribution is -2.41. The summed E-state index contributed by atoms with van der Waals surface area (Å²) >= 11 is 0. The number of rotatable bonds is 2. The van der Waals surface area contributed by atoms with E-state index in [2.05, 4.69) is 11.1 Å². The summed E-state index contributed by atoms with van der Waals surface area (Å²) in [7, 11) is 0. The molecule has 2 atom stereocenters. The predicted molar refractivity (Wildman–Crippen MR) is 72.6 cm³/mol. The second-order valence-corrected chi connectivity index (χ2v) is 4.96. The average molecular weight is 242 g/mol. The molecule has 18 heavy (non-hydrogen) atoms. The number of nitrogens with zero attached hydrogens (tertiary/aromatic N) is 1. The average Bonchev–Trinajstić information content (AvgIpc) is 2.41. The highest BCUT2D eigenvalue weighted by molar-refractivity contribution is 5.79. The summed E-state index contributed by atoms with van der Waals surface area (Å²) in [6.45, 7) is 0. The minimum Gasteiger partial charge on any atom is -0.489 e. The molecule has 2 aromatic rings. The fourth-order valence-corrected chi connectivity index (χ4v) is 2.57. The zero-order valence-electron chi connectivity index (χ0n) is 10.4. The molecule has 1 aromatic carbocycles. The maximum Gasteiger partial charge on any atom is 0.120 e. The van der Waals surface area contributed by atoms with Crippen molar-refractivity contribution in [1.29, 1.82) is 0 Å². The molecule has 0 saturated heterocycles. The minimum atomic E-state index is 0.160. The molecule has 1 saturated carbocycles. The summed E-state index contributed by atoms with van der Waals surface area (Å²) in [4.78, 5) is 4.30. The Labute approximate surface area is 107 Å². The van der Waals surface area contributed by atoms with Gasteiger partial charge in [-0.15, -0.1) is 0 Å². The van der Waals surface area contributed by atoms with Gasteiger partial charge in [0.05, 0.1) is 5.52 Å². The van der Waals surface area contributed by atoms with E-state index in [4.69, 9.17) is 10.5 Å². The van der Waals surface area contributed by atoms with E-state index >= 15 is 0 Å². The van der Waals surface area contributed by atoms with Crippen molar-refractivity contribution in [1.82, 2.24) is 4.98 Å². The lowest BCUT2D eigenvalue weighted by atomic mass is 9.93. The SMILES string of the molecule is NC1CCCCC1Oc1ccc2ncccc2c1. The summed E-state index contributed by atoms with van der Waals surface area (Å²) < 4.78 is 6.02. The minimum absolute atomic E-state index is 0.160. The number of hydrogen-bond acceptors (Lipinski definition) is 3. The van der Waals surface area contributed by atoms with E-state index in [0.29, 0.717) is 0 Å². The van der Waals surface area contributed by atoms with E-state index in [1.807, 2.05) is 24.3 Å². The molecule has 0 bridgehead atoms. The number of ether oxygens (including phenoxy) is 1. The van der Waals surface area contributed by atoms with Crippen molar-refractivity contribution < 1.29 is 4.74 Å². The van der Waals surface area contributed by atoms with Gasteiger partial charge >= 0.3 is 0 Å². The third-order valence-corrected chi connectivity index (χ3v) is 3.62. The molecule has 94 valence electrons. The maximum absolute atomic E-state index is 6.10. The number of fused-ring (bicyclic) bond motifs is 1. The van der Waals surface area contributed by atoms with Gasteiger partial charge < -0.3 is 10.5 Å². The highest BCUT2D eigenvalue weighted by Crippen LogP contribution is 2.25. The second-order valence-electron chi connectivity index (χ2n) is 4.96. The Balaban J connectivity index is 1.81. The Morgan fingerprint density at radius 1 is 1.17 bits per heavy atom. The second kappa shape index (κ2) is 4.94. The van der Waals surface area contributed by atoms with Crippen LogP contribution in [0.4, 0.5) is 0 Å². The normalized spacial score (nSPS) is 24.1. The largest absolute Gasteiger partial charge is 0.489 e. The summed E-state index contributed by atoms with van der Waals surface area (Å²) in [6, 6.07) is 10.2. The predicted octanol–water partition coefficient (Wildman–Crippen LogP) is 2.88. The van der Waals surface area contributed by atoms with Gasteiger partial charge in [0.25, 0.3) is 0 Å². The third kappa shape index (κ3) is 2.31. The van der Waals surface area contributed by atoms with Crippen LogP contribution in [0.3, 0.4) is 0 Å². The molecule has 1 aromatic heterocycles. The molecule has 0 amide bonds. The highest BCUT2D eigenvalue weighted by Gasteiger charge is 2.23. The molecule has 2 N–H and O–H groups in total. The molecular weight excluding hydrogens is 224 g/mol. The van der Waals surface area contributed by atoms with Gasteiger partial charge in [0.15, 0.2) is 0 Å². The Hall–Kier alpha value is -1.61. The Kier molecular flexibility index (Phi) is 3.15. The zero-order valence-corrected chi connectivity index (χ0v) is 10.4.